The maximum absolute atomic E-state index is 10.6. The lowest BCUT2D eigenvalue weighted by Gasteiger charge is -2.15. The van der Waals surface area contributed by atoms with Gasteiger partial charge in [0.2, 0.25) is 0 Å². The van der Waals surface area contributed by atoms with E-state index >= 15 is 0 Å². The highest BCUT2D eigenvalue weighted by atomic mass is 16.5. The van der Waals surface area contributed by atoms with Gasteiger partial charge in [0, 0.05) is 18.0 Å². The number of anilines is 1. The zero-order valence-electron chi connectivity index (χ0n) is 15.7. The smallest absolute Gasteiger partial charge is 0.162 e. The van der Waals surface area contributed by atoms with Crippen LogP contribution in [0.5, 0.6) is 11.5 Å². The van der Waals surface area contributed by atoms with Gasteiger partial charge in [0.25, 0.3) is 0 Å². The van der Waals surface area contributed by atoms with Crippen molar-refractivity contribution in [3.05, 3.63) is 66.5 Å². The van der Waals surface area contributed by atoms with E-state index in [1.807, 2.05) is 42.5 Å². The molecule has 0 radical (unpaired) electrons. The van der Waals surface area contributed by atoms with Crippen LogP contribution in [0, 0.1) is 0 Å². The van der Waals surface area contributed by atoms with Gasteiger partial charge in [-0.2, -0.15) is 0 Å². The number of ether oxygens (including phenoxy) is 2. The first-order valence-electron chi connectivity index (χ1n) is 8.97. The summed E-state index contributed by atoms with van der Waals surface area (Å²) < 4.78 is 10.7. The van der Waals surface area contributed by atoms with E-state index in [0.717, 1.165) is 27.2 Å². The zero-order valence-corrected chi connectivity index (χ0v) is 15.7. The minimum atomic E-state index is -0.672. The van der Waals surface area contributed by atoms with Crippen LogP contribution in [0.2, 0.25) is 0 Å². The summed E-state index contributed by atoms with van der Waals surface area (Å²) in [5, 5.41) is 16.9. The maximum atomic E-state index is 10.6. The summed E-state index contributed by atoms with van der Waals surface area (Å²) in [6.45, 7) is 0.318. The monoisotopic (exact) mass is 375 g/mol. The summed E-state index contributed by atoms with van der Waals surface area (Å²) in [4.78, 5) is 8.62. The lowest BCUT2D eigenvalue weighted by molar-refractivity contribution is 0.191. The number of aromatic nitrogens is 2. The molecule has 142 valence electrons. The topological polar surface area (TPSA) is 76.5 Å². The van der Waals surface area contributed by atoms with Crippen LogP contribution >= 0.6 is 0 Å². The molecule has 0 bridgehead atoms. The van der Waals surface area contributed by atoms with E-state index in [4.69, 9.17) is 9.47 Å². The molecule has 0 amide bonds. The average Bonchev–Trinajstić information content (AvgIpc) is 2.75. The molecule has 4 rings (SSSR count). The second kappa shape index (κ2) is 7.70. The van der Waals surface area contributed by atoms with Gasteiger partial charge in [0.15, 0.2) is 11.5 Å². The van der Waals surface area contributed by atoms with Crippen LogP contribution in [-0.4, -0.2) is 35.8 Å². The van der Waals surface area contributed by atoms with Crippen LogP contribution in [-0.2, 0) is 0 Å². The quantitative estimate of drug-likeness (QED) is 0.531. The minimum Gasteiger partial charge on any atom is -0.493 e. The molecule has 3 aromatic carbocycles. The molecule has 1 atom stereocenters. The number of fused-ring (bicyclic) bond motifs is 2. The summed E-state index contributed by atoms with van der Waals surface area (Å²) in [5.74, 6) is 1.84. The van der Waals surface area contributed by atoms with Crippen LogP contribution < -0.4 is 14.8 Å². The Hall–Kier alpha value is -3.38. The first-order chi connectivity index (χ1) is 13.7. The standard InChI is InChI=1S/C22H21N3O3/c1-27-20-10-17-18(11-21(20)28-2)24-13-25-22(17)23-12-19(26)16-8-7-14-5-3-4-6-15(14)9-16/h3-11,13,19,26H,12H2,1-2H3,(H,23,24,25)/t19-/m0/s1. The van der Waals surface area contributed by atoms with Crippen molar-refractivity contribution in [2.24, 2.45) is 0 Å². The Morgan fingerprint density at radius 3 is 2.46 bits per heavy atom. The summed E-state index contributed by atoms with van der Waals surface area (Å²) in [5.41, 5.74) is 1.58. The second-order valence-electron chi connectivity index (χ2n) is 6.45. The number of hydrogen-bond donors (Lipinski definition) is 2. The van der Waals surface area contributed by atoms with Gasteiger partial charge in [0.05, 0.1) is 25.8 Å². The SMILES string of the molecule is COc1cc2ncnc(NC[C@H](O)c3ccc4ccccc4c3)c2cc1OC. The molecule has 6 heteroatoms. The van der Waals surface area contributed by atoms with E-state index in [9.17, 15) is 5.11 Å². The molecule has 0 fully saturated rings. The Labute approximate surface area is 162 Å². The molecule has 0 unspecified atom stereocenters. The number of nitrogens with zero attached hydrogens (tertiary/aromatic N) is 2. The van der Waals surface area contributed by atoms with Gasteiger partial charge in [-0.15, -0.1) is 0 Å². The van der Waals surface area contributed by atoms with Gasteiger partial charge in [-0.05, 0) is 28.5 Å². The third kappa shape index (κ3) is 3.42. The molecular weight excluding hydrogens is 354 g/mol. The lowest BCUT2D eigenvalue weighted by atomic mass is 10.0. The van der Waals surface area contributed by atoms with Crippen molar-refractivity contribution in [2.45, 2.75) is 6.10 Å². The van der Waals surface area contributed by atoms with Gasteiger partial charge in [0.1, 0.15) is 12.1 Å². The van der Waals surface area contributed by atoms with Gasteiger partial charge < -0.3 is 19.9 Å². The molecule has 0 aliphatic heterocycles. The van der Waals surface area contributed by atoms with E-state index < -0.39 is 6.10 Å². The lowest BCUT2D eigenvalue weighted by Crippen LogP contribution is -2.13. The Balaban J connectivity index is 1.59. The number of benzene rings is 3. The van der Waals surface area contributed by atoms with Crippen LogP contribution in [0.3, 0.4) is 0 Å². The molecule has 0 saturated carbocycles. The third-order valence-corrected chi connectivity index (χ3v) is 4.76. The summed E-state index contributed by atoms with van der Waals surface area (Å²) >= 11 is 0. The Morgan fingerprint density at radius 1 is 0.929 bits per heavy atom. The van der Waals surface area contributed by atoms with Gasteiger partial charge in [-0.3, -0.25) is 0 Å². The minimum absolute atomic E-state index is 0.318. The van der Waals surface area contributed by atoms with Crippen molar-refractivity contribution in [3.63, 3.8) is 0 Å². The van der Waals surface area contributed by atoms with E-state index in [2.05, 4.69) is 21.4 Å². The van der Waals surface area contributed by atoms with Gasteiger partial charge >= 0.3 is 0 Å². The molecule has 2 N–H and O–H groups in total. The summed E-state index contributed by atoms with van der Waals surface area (Å²) in [6, 6.07) is 17.7. The fourth-order valence-corrected chi connectivity index (χ4v) is 3.25. The number of aliphatic hydroxyl groups is 1. The van der Waals surface area contributed by atoms with Crippen LogP contribution in [0.4, 0.5) is 5.82 Å². The average molecular weight is 375 g/mol. The molecule has 0 aliphatic rings. The van der Waals surface area contributed by atoms with Crippen molar-refractivity contribution >= 4 is 27.5 Å². The fraction of sp³-hybridized carbons (Fsp3) is 0.182. The molecule has 0 spiro atoms. The molecule has 0 aliphatic carbocycles. The molecule has 6 nitrogen and oxygen atoms in total. The second-order valence-corrected chi connectivity index (χ2v) is 6.45. The highest BCUT2D eigenvalue weighted by molar-refractivity contribution is 5.91. The summed E-state index contributed by atoms with van der Waals surface area (Å²) in [6.07, 6.45) is 0.814. The van der Waals surface area contributed by atoms with Crippen molar-refractivity contribution in [1.82, 2.24) is 9.97 Å². The molecular formula is C22H21N3O3. The highest BCUT2D eigenvalue weighted by Crippen LogP contribution is 2.33. The van der Waals surface area contributed by atoms with Crippen LogP contribution in [0.25, 0.3) is 21.7 Å². The number of aliphatic hydroxyl groups excluding tert-OH is 1. The predicted octanol–water partition coefficient (Wildman–Crippen LogP) is 3.95. The van der Waals surface area contributed by atoms with Crippen molar-refractivity contribution in [3.8, 4) is 11.5 Å². The molecule has 4 aromatic rings. The number of hydrogen-bond acceptors (Lipinski definition) is 6. The van der Waals surface area contributed by atoms with E-state index in [-0.39, 0.29) is 0 Å². The number of rotatable bonds is 6. The van der Waals surface area contributed by atoms with Crippen LogP contribution in [0.15, 0.2) is 60.9 Å². The fourth-order valence-electron chi connectivity index (χ4n) is 3.25. The van der Waals surface area contributed by atoms with Crippen molar-refractivity contribution < 1.29 is 14.6 Å². The zero-order chi connectivity index (χ0) is 19.5. The number of methoxy groups -OCH3 is 2. The third-order valence-electron chi connectivity index (χ3n) is 4.76. The molecule has 28 heavy (non-hydrogen) atoms. The van der Waals surface area contributed by atoms with Crippen molar-refractivity contribution in [1.29, 1.82) is 0 Å². The number of nitrogens with one attached hydrogen (secondary N) is 1. The predicted molar refractivity (Wildman–Crippen MR) is 110 cm³/mol. The molecule has 1 aromatic heterocycles. The molecule has 1 heterocycles. The normalized spacial score (nSPS) is 12.1. The Morgan fingerprint density at radius 2 is 1.68 bits per heavy atom. The first-order valence-corrected chi connectivity index (χ1v) is 8.97. The maximum Gasteiger partial charge on any atom is 0.162 e. The largest absolute Gasteiger partial charge is 0.493 e. The van der Waals surface area contributed by atoms with Gasteiger partial charge in [-0.25, -0.2) is 9.97 Å². The Bertz CT molecular complexity index is 1130. The summed E-state index contributed by atoms with van der Waals surface area (Å²) in [7, 11) is 3.17. The van der Waals surface area contributed by atoms with E-state index in [0.29, 0.717) is 23.9 Å². The van der Waals surface area contributed by atoms with Crippen molar-refractivity contribution in [2.75, 3.05) is 26.1 Å². The Kier molecular flexibility index (Phi) is 4.95. The van der Waals surface area contributed by atoms with Gasteiger partial charge in [-0.1, -0.05) is 36.4 Å². The van der Waals surface area contributed by atoms with E-state index in [1.165, 1.54) is 6.33 Å². The van der Waals surface area contributed by atoms with E-state index in [1.54, 1.807) is 20.3 Å². The first kappa shape index (κ1) is 18.0. The van der Waals surface area contributed by atoms with Crippen LogP contribution in [0.1, 0.15) is 11.7 Å². The molecule has 0 saturated heterocycles. The highest BCUT2D eigenvalue weighted by Gasteiger charge is 2.13.